The van der Waals surface area contributed by atoms with Gasteiger partial charge in [-0.3, -0.25) is 10.1 Å². The van der Waals surface area contributed by atoms with Crippen LogP contribution in [0.4, 0.5) is 0 Å². The summed E-state index contributed by atoms with van der Waals surface area (Å²) in [4.78, 5) is 15.2. The Labute approximate surface area is 108 Å². The van der Waals surface area contributed by atoms with E-state index in [1.807, 2.05) is 31.7 Å². The maximum atomic E-state index is 12.1. The molecule has 0 fully saturated rings. The molecule has 0 spiro atoms. The van der Waals surface area contributed by atoms with Crippen LogP contribution in [-0.2, 0) is 4.79 Å². The summed E-state index contributed by atoms with van der Waals surface area (Å²) in [5, 5.41) is 5.41. The molecule has 1 N–H and O–H groups in total. The second kappa shape index (κ2) is 6.77. The molecule has 0 saturated carbocycles. The molecule has 0 radical (unpaired) electrons. The topological polar surface area (TPSA) is 32.3 Å². The number of carbonyl (C=O) groups excluding carboxylic acids is 1. The van der Waals surface area contributed by atoms with Gasteiger partial charge in [-0.15, -0.1) is 11.3 Å². The lowest BCUT2D eigenvalue weighted by Crippen LogP contribution is -2.45. The molecule has 2 atom stereocenters. The van der Waals surface area contributed by atoms with Crippen molar-refractivity contribution in [1.29, 1.82) is 0 Å². The zero-order valence-electron chi connectivity index (χ0n) is 11.1. The zero-order valence-corrected chi connectivity index (χ0v) is 11.9. The van der Waals surface area contributed by atoms with Crippen molar-refractivity contribution in [2.45, 2.75) is 39.8 Å². The van der Waals surface area contributed by atoms with E-state index in [0.717, 1.165) is 13.1 Å². The van der Waals surface area contributed by atoms with E-state index in [0.29, 0.717) is 0 Å². The second-order valence-electron chi connectivity index (χ2n) is 4.14. The van der Waals surface area contributed by atoms with E-state index in [1.54, 1.807) is 11.3 Å². The number of hydrogen-bond acceptors (Lipinski definition) is 3. The van der Waals surface area contributed by atoms with Crippen LogP contribution < -0.4 is 5.32 Å². The smallest absolute Gasteiger partial charge is 0.239 e. The Morgan fingerprint density at radius 3 is 2.53 bits per heavy atom. The summed E-state index contributed by atoms with van der Waals surface area (Å²) in [7, 11) is 0. The maximum Gasteiger partial charge on any atom is 0.239 e. The third kappa shape index (κ3) is 3.82. The fourth-order valence-corrected chi connectivity index (χ4v) is 2.62. The average molecular weight is 254 g/mol. The minimum absolute atomic E-state index is 0.132. The maximum absolute atomic E-state index is 12.1. The molecule has 96 valence electrons. The molecule has 4 heteroatoms. The highest BCUT2D eigenvalue weighted by Gasteiger charge is 2.20. The molecule has 1 rings (SSSR count). The number of hydrogen-bond donors (Lipinski definition) is 1. The first-order valence-electron chi connectivity index (χ1n) is 6.18. The molecule has 0 aliphatic heterocycles. The van der Waals surface area contributed by atoms with Crippen LogP contribution in [-0.4, -0.2) is 29.9 Å². The van der Waals surface area contributed by atoms with Crippen LogP contribution in [0.2, 0.25) is 0 Å². The van der Waals surface area contributed by atoms with Crippen molar-refractivity contribution in [1.82, 2.24) is 10.2 Å². The summed E-state index contributed by atoms with van der Waals surface area (Å²) in [6.07, 6.45) is 0. The van der Waals surface area contributed by atoms with Gasteiger partial charge in [-0.1, -0.05) is 6.07 Å². The molecule has 1 aromatic heterocycles. The summed E-state index contributed by atoms with van der Waals surface area (Å²) in [6, 6.07) is 4.22. The number of nitrogens with one attached hydrogen (secondary N) is 1. The van der Waals surface area contributed by atoms with Crippen LogP contribution in [0, 0.1) is 0 Å². The summed E-state index contributed by atoms with van der Waals surface area (Å²) < 4.78 is 0. The molecule has 3 nitrogen and oxygen atoms in total. The highest BCUT2D eigenvalue weighted by Crippen LogP contribution is 2.18. The van der Waals surface area contributed by atoms with Gasteiger partial charge in [0, 0.05) is 24.0 Å². The van der Waals surface area contributed by atoms with Gasteiger partial charge in [0.25, 0.3) is 0 Å². The average Bonchev–Trinajstić information content (AvgIpc) is 2.83. The molecule has 0 bridgehead atoms. The van der Waals surface area contributed by atoms with Crippen LogP contribution in [0.15, 0.2) is 17.5 Å². The van der Waals surface area contributed by atoms with Crippen molar-refractivity contribution in [2.75, 3.05) is 13.1 Å². The molecule has 0 saturated heterocycles. The Bertz CT molecular complexity index is 333. The van der Waals surface area contributed by atoms with Crippen molar-refractivity contribution in [3.63, 3.8) is 0 Å². The van der Waals surface area contributed by atoms with Crippen LogP contribution in [0.5, 0.6) is 0 Å². The van der Waals surface area contributed by atoms with E-state index in [1.165, 1.54) is 4.88 Å². The minimum atomic E-state index is -0.132. The highest BCUT2D eigenvalue weighted by molar-refractivity contribution is 7.10. The number of rotatable bonds is 6. The molecule has 1 amide bonds. The molecular formula is C13H22N2OS. The quantitative estimate of drug-likeness (QED) is 0.846. The predicted octanol–water partition coefficient (Wildman–Crippen LogP) is 2.66. The molecule has 0 aliphatic rings. The van der Waals surface area contributed by atoms with Gasteiger partial charge in [0.05, 0.1) is 6.04 Å². The molecule has 1 heterocycles. The van der Waals surface area contributed by atoms with E-state index in [4.69, 9.17) is 0 Å². The summed E-state index contributed by atoms with van der Waals surface area (Å²) >= 11 is 1.72. The normalized spacial score (nSPS) is 14.4. The van der Waals surface area contributed by atoms with E-state index in [9.17, 15) is 4.79 Å². The van der Waals surface area contributed by atoms with Crippen molar-refractivity contribution in [3.8, 4) is 0 Å². The number of carbonyl (C=O) groups is 1. The largest absolute Gasteiger partial charge is 0.342 e. The Balaban J connectivity index is 2.54. The first-order valence-corrected chi connectivity index (χ1v) is 7.06. The highest BCUT2D eigenvalue weighted by atomic mass is 32.1. The van der Waals surface area contributed by atoms with Gasteiger partial charge in [-0.05, 0) is 39.1 Å². The zero-order chi connectivity index (χ0) is 12.8. The first-order chi connectivity index (χ1) is 8.10. The molecule has 1 aromatic rings. The molecule has 2 unspecified atom stereocenters. The van der Waals surface area contributed by atoms with Gasteiger partial charge in [0.2, 0.25) is 5.91 Å². The number of amides is 1. The summed E-state index contributed by atoms with van der Waals surface area (Å²) in [5.41, 5.74) is 0. The number of nitrogens with zero attached hydrogens (tertiary/aromatic N) is 1. The first kappa shape index (κ1) is 14.2. The van der Waals surface area contributed by atoms with E-state index in [-0.39, 0.29) is 18.0 Å². The number of thiophene rings is 1. The van der Waals surface area contributed by atoms with Crippen LogP contribution in [0.1, 0.15) is 38.6 Å². The van der Waals surface area contributed by atoms with Gasteiger partial charge in [0.1, 0.15) is 0 Å². The molecule has 0 aromatic carbocycles. The minimum Gasteiger partial charge on any atom is -0.342 e. The third-order valence-electron chi connectivity index (χ3n) is 2.92. The van der Waals surface area contributed by atoms with Crippen molar-refractivity contribution in [2.24, 2.45) is 0 Å². The lowest BCUT2D eigenvalue weighted by Gasteiger charge is -2.25. The van der Waals surface area contributed by atoms with Crippen LogP contribution >= 0.6 is 11.3 Å². The Morgan fingerprint density at radius 1 is 1.41 bits per heavy atom. The Hall–Kier alpha value is -0.870. The van der Waals surface area contributed by atoms with Crippen molar-refractivity contribution < 1.29 is 4.79 Å². The fraction of sp³-hybridized carbons (Fsp3) is 0.615. The molecule has 17 heavy (non-hydrogen) atoms. The molecular weight excluding hydrogens is 232 g/mol. The second-order valence-corrected chi connectivity index (χ2v) is 5.12. The Kier molecular flexibility index (Phi) is 5.65. The molecule has 0 aliphatic carbocycles. The van der Waals surface area contributed by atoms with Gasteiger partial charge < -0.3 is 4.90 Å². The monoisotopic (exact) mass is 254 g/mol. The summed E-state index contributed by atoms with van der Waals surface area (Å²) in [6.45, 7) is 9.60. The lowest BCUT2D eigenvalue weighted by atomic mass is 10.2. The lowest BCUT2D eigenvalue weighted by molar-refractivity contribution is -0.132. The van der Waals surface area contributed by atoms with Crippen LogP contribution in [0.25, 0.3) is 0 Å². The van der Waals surface area contributed by atoms with E-state index < -0.39 is 0 Å². The van der Waals surface area contributed by atoms with Crippen molar-refractivity contribution >= 4 is 17.2 Å². The predicted molar refractivity (Wildman–Crippen MR) is 73.3 cm³/mol. The van der Waals surface area contributed by atoms with E-state index in [2.05, 4.69) is 23.7 Å². The Morgan fingerprint density at radius 2 is 2.06 bits per heavy atom. The third-order valence-corrected chi connectivity index (χ3v) is 3.97. The SMILES string of the molecule is CCN(CC)C(=O)C(C)NC(C)c1cccs1. The van der Waals surface area contributed by atoms with Crippen molar-refractivity contribution in [3.05, 3.63) is 22.4 Å². The standard InChI is InChI=1S/C13H22N2OS/c1-5-15(6-2)13(16)11(4)14-10(3)12-8-7-9-17-12/h7-11,14H,5-6H2,1-4H3. The van der Waals surface area contributed by atoms with Gasteiger partial charge in [-0.2, -0.15) is 0 Å². The van der Waals surface area contributed by atoms with Gasteiger partial charge >= 0.3 is 0 Å². The fourth-order valence-electron chi connectivity index (χ4n) is 1.88. The van der Waals surface area contributed by atoms with Gasteiger partial charge in [-0.25, -0.2) is 0 Å². The number of likely N-dealkylation sites (N-methyl/N-ethyl adjacent to an activating group) is 1. The van der Waals surface area contributed by atoms with E-state index >= 15 is 0 Å². The van der Waals surface area contributed by atoms with Crippen LogP contribution in [0.3, 0.4) is 0 Å². The van der Waals surface area contributed by atoms with Gasteiger partial charge in [0.15, 0.2) is 0 Å². The summed E-state index contributed by atoms with van der Waals surface area (Å²) in [5.74, 6) is 0.179.